The van der Waals surface area contributed by atoms with Gasteiger partial charge in [0.2, 0.25) is 0 Å². The van der Waals surface area contributed by atoms with E-state index in [9.17, 15) is 14.9 Å². The van der Waals surface area contributed by atoms with Crippen molar-refractivity contribution in [2.45, 2.75) is 33.7 Å². The van der Waals surface area contributed by atoms with E-state index in [1.54, 1.807) is 42.2 Å². The summed E-state index contributed by atoms with van der Waals surface area (Å²) in [6, 6.07) is 13.8. The number of benzene rings is 2. The molecule has 1 unspecified atom stereocenters. The summed E-state index contributed by atoms with van der Waals surface area (Å²) in [5.74, 6) is 1.67. The largest absolute Gasteiger partial charge is 0.490 e. The third-order valence-corrected chi connectivity index (χ3v) is 5.72. The number of nitro groups is 1. The van der Waals surface area contributed by atoms with E-state index in [4.69, 9.17) is 9.47 Å². The van der Waals surface area contributed by atoms with Gasteiger partial charge in [0.15, 0.2) is 12.4 Å². The Morgan fingerprint density at radius 1 is 1.14 bits per heavy atom. The standard InChI is InChI=1S/C26H31N5O5/c1-6-30(7-2)25(32)16-36-20-11-8-10-19(14-20)17(3)27-24-15-22(28-18(4)29-24)21-12-9-13-23(35-5)26(21)31(33)34/h8-15,17H,6-7,16H2,1-5H3,(H,27,28,29). The molecule has 190 valence electrons. The van der Waals surface area contributed by atoms with Crippen molar-refractivity contribution < 1.29 is 19.2 Å². The number of nitrogens with zero attached hydrogens (tertiary/aromatic N) is 4. The number of para-hydroxylation sites is 1. The first-order chi connectivity index (χ1) is 17.3. The van der Waals surface area contributed by atoms with Gasteiger partial charge in [0.1, 0.15) is 17.4 Å². The number of ether oxygens (including phenoxy) is 2. The SMILES string of the molecule is CCN(CC)C(=O)COc1cccc(C(C)Nc2cc(-c3cccc(OC)c3[N+](=O)[O-])nc(C)n2)c1. The fourth-order valence-electron chi connectivity index (χ4n) is 3.85. The molecule has 0 spiro atoms. The number of hydrogen-bond donors (Lipinski definition) is 1. The number of carbonyl (C=O) groups is 1. The van der Waals surface area contributed by atoms with Crippen LogP contribution in [0.25, 0.3) is 11.3 Å². The van der Waals surface area contributed by atoms with Crippen LogP contribution in [0, 0.1) is 17.0 Å². The topological polar surface area (TPSA) is 120 Å². The maximum atomic E-state index is 12.3. The zero-order chi connectivity index (χ0) is 26.2. The van der Waals surface area contributed by atoms with Gasteiger partial charge in [-0.05, 0) is 57.5 Å². The van der Waals surface area contributed by atoms with Crippen LogP contribution < -0.4 is 14.8 Å². The number of carbonyl (C=O) groups excluding carboxylic acids is 1. The van der Waals surface area contributed by atoms with E-state index in [-0.39, 0.29) is 30.0 Å². The molecular formula is C26H31N5O5. The Balaban J connectivity index is 1.81. The lowest BCUT2D eigenvalue weighted by atomic mass is 10.1. The lowest BCUT2D eigenvalue weighted by molar-refractivity contribution is -0.385. The Kier molecular flexibility index (Phi) is 8.77. The van der Waals surface area contributed by atoms with Crippen molar-refractivity contribution in [1.82, 2.24) is 14.9 Å². The van der Waals surface area contributed by atoms with E-state index in [1.807, 2.05) is 39.0 Å². The van der Waals surface area contributed by atoms with Gasteiger partial charge in [0.25, 0.3) is 5.91 Å². The zero-order valence-electron chi connectivity index (χ0n) is 21.1. The van der Waals surface area contributed by atoms with Crippen molar-refractivity contribution in [2.75, 3.05) is 32.1 Å². The van der Waals surface area contributed by atoms with Crippen LogP contribution in [0.5, 0.6) is 11.5 Å². The number of methoxy groups -OCH3 is 1. The first-order valence-corrected chi connectivity index (χ1v) is 11.7. The number of nitro benzene ring substituents is 1. The van der Waals surface area contributed by atoms with Gasteiger partial charge in [-0.2, -0.15) is 0 Å². The van der Waals surface area contributed by atoms with Gasteiger partial charge in [-0.15, -0.1) is 0 Å². The minimum atomic E-state index is -0.474. The van der Waals surface area contributed by atoms with E-state index in [1.165, 1.54) is 7.11 Å². The van der Waals surface area contributed by atoms with Crippen LogP contribution in [0.2, 0.25) is 0 Å². The molecule has 0 aliphatic rings. The summed E-state index contributed by atoms with van der Waals surface area (Å²) in [6.07, 6.45) is 0. The summed E-state index contributed by atoms with van der Waals surface area (Å²) in [6.45, 7) is 8.81. The summed E-state index contributed by atoms with van der Waals surface area (Å²) >= 11 is 0. The molecule has 10 nitrogen and oxygen atoms in total. The van der Waals surface area contributed by atoms with Crippen molar-refractivity contribution in [3.05, 3.63) is 70.0 Å². The van der Waals surface area contributed by atoms with Crippen molar-refractivity contribution in [3.63, 3.8) is 0 Å². The number of rotatable bonds is 11. The van der Waals surface area contributed by atoms with Crippen molar-refractivity contribution in [1.29, 1.82) is 0 Å². The van der Waals surface area contributed by atoms with Crippen LogP contribution >= 0.6 is 0 Å². The number of likely N-dealkylation sites (N-methyl/N-ethyl adjacent to an activating group) is 1. The quantitative estimate of drug-likeness (QED) is 0.299. The predicted octanol–water partition coefficient (Wildman–Crippen LogP) is 4.79. The van der Waals surface area contributed by atoms with Gasteiger partial charge in [0.05, 0.1) is 29.3 Å². The number of aryl methyl sites for hydroxylation is 1. The second kappa shape index (κ2) is 12.0. The lowest BCUT2D eigenvalue weighted by Gasteiger charge is -2.19. The molecule has 36 heavy (non-hydrogen) atoms. The molecular weight excluding hydrogens is 462 g/mol. The Hall–Kier alpha value is -4.21. The summed E-state index contributed by atoms with van der Waals surface area (Å²) in [5.41, 5.74) is 1.53. The molecule has 1 aromatic heterocycles. The number of nitrogens with one attached hydrogen (secondary N) is 1. The van der Waals surface area contributed by atoms with E-state index in [0.29, 0.717) is 41.7 Å². The monoisotopic (exact) mass is 493 g/mol. The van der Waals surface area contributed by atoms with Crippen LogP contribution in [0.1, 0.15) is 38.2 Å². The number of aromatic nitrogens is 2. The summed E-state index contributed by atoms with van der Waals surface area (Å²) in [4.78, 5) is 34.1. The molecule has 0 bridgehead atoms. The third-order valence-electron chi connectivity index (χ3n) is 5.72. The predicted molar refractivity (Wildman–Crippen MR) is 137 cm³/mol. The second-order valence-electron chi connectivity index (χ2n) is 8.09. The first kappa shape index (κ1) is 26.4. The van der Waals surface area contributed by atoms with Crippen LogP contribution in [-0.4, -0.2) is 52.5 Å². The van der Waals surface area contributed by atoms with Crippen LogP contribution in [0.3, 0.4) is 0 Å². The van der Waals surface area contributed by atoms with E-state index < -0.39 is 4.92 Å². The third kappa shape index (κ3) is 6.26. The minimum Gasteiger partial charge on any atom is -0.490 e. The number of hydrogen-bond acceptors (Lipinski definition) is 8. The average Bonchev–Trinajstić information content (AvgIpc) is 2.87. The number of anilines is 1. The van der Waals surface area contributed by atoms with E-state index in [0.717, 1.165) is 5.56 Å². The highest BCUT2D eigenvalue weighted by molar-refractivity contribution is 5.78. The molecule has 0 aliphatic heterocycles. The highest BCUT2D eigenvalue weighted by atomic mass is 16.6. The van der Waals surface area contributed by atoms with Gasteiger partial charge in [-0.1, -0.05) is 18.2 Å². The molecule has 10 heteroatoms. The molecule has 2 aromatic carbocycles. The van der Waals surface area contributed by atoms with Gasteiger partial charge >= 0.3 is 5.69 Å². The Bertz CT molecular complexity index is 1230. The number of amides is 1. The first-order valence-electron chi connectivity index (χ1n) is 11.7. The smallest absolute Gasteiger partial charge is 0.320 e. The molecule has 1 amide bonds. The molecule has 0 saturated heterocycles. The minimum absolute atomic E-state index is 0.0271. The van der Waals surface area contributed by atoms with Crippen molar-refractivity contribution >= 4 is 17.4 Å². The van der Waals surface area contributed by atoms with Crippen molar-refractivity contribution in [3.8, 4) is 22.8 Å². The molecule has 0 fully saturated rings. The fraction of sp³-hybridized carbons (Fsp3) is 0.346. The van der Waals surface area contributed by atoms with Gasteiger partial charge in [-0.25, -0.2) is 9.97 Å². The van der Waals surface area contributed by atoms with Crippen LogP contribution in [0.15, 0.2) is 48.5 Å². The summed E-state index contributed by atoms with van der Waals surface area (Å²) < 4.78 is 10.9. The summed E-state index contributed by atoms with van der Waals surface area (Å²) in [5, 5.41) is 15.1. The van der Waals surface area contributed by atoms with Crippen LogP contribution in [-0.2, 0) is 4.79 Å². The maximum absolute atomic E-state index is 12.3. The Morgan fingerprint density at radius 3 is 2.53 bits per heavy atom. The van der Waals surface area contributed by atoms with E-state index >= 15 is 0 Å². The molecule has 3 rings (SSSR count). The normalized spacial score (nSPS) is 11.5. The van der Waals surface area contributed by atoms with Gasteiger partial charge < -0.3 is 19.7 Å². The Morgan fingerprint density at radius 2 is 1.86 bits per heavy atom. The zero-order valence-corrected chi connectivity index (χ0v) is 21.1. The van der Waals surface area contributed by atoms with E-state index in [2.05, 4.69) is 15.3 Å². The molecule has 1 N–H and O–H groups in total. The summed E-state index contributed by atoms with van der Waals surface area (Å²) in [7, 11) is 1.39. The average molecular weight is 494 g/mol. The Labute approximate surface area is 210 Å². The highest BCUT2D eigenvalue weighted by Gasteiger charge is 2.23. The van der Waals surface area contributed by atoms with Gasteiger partial charge in [-0.3, -0.25) is 14.9 Å². The molecule has 0 radical (unpaired) electrons. The maximum Gasteiger partial charge on any atom is 0.320 e. The molecule has 1 atom stereocenters. The highest BCUT2D eigenvalue weighted by Crippen LogP contribution is 2.37. The van der Waals surface area contributed by atoms with Gasteiger partial charge in [0, 0.05) is 19.2 Å². The molecule has 3 aromatic rings. The molecule has 0 saturated carbocycles. The van der Waals surface area contributed by atoms with Crippen molar-refractivity contribution in [2.24, 2.45) is 0 Å². The van der Waals surface area contributed by atoms with Crippen LogP contribution in [0.4, 0.5) is 11.5 Å². The lowest BCUT2D eigenvalue weighted by Crippen LogP contribution is -2.34. The second-order valence-corrected chi connectivity index (χ2v) is 8.09. The fourth-order valence-corrected chi connectivity index (χ4v) is 3.85. The molecule has 0 aliphatic carbocycles. The molecule has 1 heterocycles.